The van der Waals surface area contributed by atoms with Crippen LogP contribution in [0.2, 0.25) is 0 Å². The van der Waals surface area contributed by atoms with Crippen LogP contribution < -0.4 is 20.3 Å². The summed E-state index contributed by atoms with van der Waals surface area (Å²) in [5.74, 6) is 0.647. The molecule has 0 fully saturated rings. The molecular formula is C27H28BrN3O3S. The molecule has 0 heterocycles. The van der Waals surface area contributed by atoms with Gasteiger partial charge in [-0.15, -0.1) is 0 Å². The van der Waals surface area contributed by atoms with Gasteiger partial charge in [0, 0.05) is 29.0 Å². The third-order valence-electron chi connectivity index (χ3n) is 5.01. The Labute approximate surface area is 219 Å². The maximum Gasteiger partial charge on any atom is 0.258 e. The van der Waals surface area contributed by atoms with E-state index in [1.54, 1.807) is 47.4 Å². The Morgan fingerprint density at radius 1 is 1.00 bits per heavy atom. The molecule has 35 heavy (non-hydrogen) atoms. The van der Waals surface area contributed by atoms with Gasteiger partial charge in [-0.3, -0.25) is 14.9 Å². The number of hydrogen-bond acceptors (Lipinski definition) is 4. The van der Waals surface area contributed by atoms with Crippen LogP contribution in [-0.2, 0) is 0 Å². The number of anilines is 2. The van der Waals surface area contributed by atoms with Crippen molar-refractivity contribution in [3.8, 4) is 5.75 Å². The van der Waals surface area contributed by atoms with Crippen LogP contribution in [0.3, 0.4) is 0 Å². The summed E-state index contributed by atoms with van der Waals surface area (Å²) in [5, 5.41) is 5.81. The van der Waals surface area contributed by atoms with Crippen LogP contribution in [-0.4, -0.2) is 30.1 Å². The van der Waals surface area contributed by atoms with E-state index in [9.17, 15) is 9.59 Å². The first kappa shape index (κ1) is 26.4. The summed E-state index contributed by atoms with van der Waals surface area (Å²) >= 11 is 8.74. The summed E-state index contributed by atoms with van der Waals surface area (Å²) in [4.78, 5) is 27.3. The topological polar surface area (TPSA) is 70.7 Å². The summed E-state index contributed by atoms with van der Waals surface area (Å²) in [6.07, 6.45) is 0. The normalized spacial score (nSPS) is 10.5. The number of hydrogen-bond donors (Lipinski definition) is 2. The van der Waals surface area contributed by atoms with E-state index in [1.807, 2.05) is 37.3 Å². The number of carbonyl (C=O) groups is 2. The number of halogens is 1. The Hall–Kier alpha value is -3.23. The molecule has 0 unspecified atom stereocenters. The fourth-order valence-electron chi connectivity index (χ4n) is 3.26. The van der Waals surface area contributed by atoms with Gasteiger partial charge >= 0.3 is 0 Å². The van der Waals surface area contributed by atoms with Gasteiger partial charge in [0.15, 0.2) is 5.11 Å². The zero-order chi connectivity index (χ0) is 25.4. The molecule has 3 rings (SSSR count). The summed E-state index contributed by atoms with van der Waals surface area (Å²) < 4.78 is 6.42. The van der Waals surface area contributed by atoms with Gasteiger partial charge in [0.2, 0.25) is 0 Å². The lowest BCUT2D eigenvalue weighted by Crippen LogP contribution is -2.34. The van der Waals surface area contributed by atoms with E-state index in [-0.39, 0.29) is 16.9 Å². The molecule has 0 aromatic heterocycles. The monoisotopic (exact) mass is 553 g/mol. The van der Waals surface area contributed by atoms with Crippen molar-refractivity contribution in [1.82, 2.24) is 5.32 Å². The molecule has 0 radical (unpaired) electrons. The van der Waals surface area contributed by atoms with Crippen molar-refractivity contribution in [2.45, 2.75) is 20.8 Å². The molecule has 8 heteroatoms. The zero-order valence-corrected chi connectivity index (χ0v) is 22.3. The number of para-hydroxylation sites is 1. The van der Waals surface area contributed by atoms with Gasteiger partial charge in [-0.2, -0.15) is 0 Å². The highest BCUT2D eigenvalue weighted by Gasteiger charge is 2.16. The highest BCUT2D eigenvalue weighted by molar-refractivity contribution is 9.10. The Morgan fingerprint density at radius 3 is 2.26 bits per heavy atom. The maximum absolute atomic E-state index is 12.9. The van der Waals surface area contributed by atoms with E-state index in [0.717, 1.165) is 5.69 Å². The second-order valence-electron chi connectivity index (χ2n) is 8.22. The number of nitrogens with one attached hydrogen (secondary N) is 2. The van der Waals surface area contributed by atoms with Crippen LogP contribution in [0.4, 0.5) is 11.4 Å². The number of carbonyl (C=O) groups excluding carboxylic acids is 2. The summed E-state index contributed by atoms with van der Waals surface area (Å²) in [5.41, 5.74) is 2.51. The molecule has 0 aliphatic carbocycles. The van der Waals surface area contributed by atoms with Gasteiger partial charge in [0.25, 0.3) is 11.8 Å². The van der Waals surface area contributed by atoms with Gasteiger partial charge in [0.1, 0.15) is 5.75 Å². The minimum absolute atomic E-state index is 0.0903. The van der Waals surface area contributed by atoms with E-state index in [1.165, 1.54) is 0 Å². The molecule has 182 valence electrons. The zero-order valence-electron chi connectivity index (χ0n) is 19.9. The van der Waals surface area contributed by atoms with E-state index >= 15 is 0 Å². The highest BCUT2D eigenvalue weighted by Crippen LogP contribution is 2.26. The molecule has 2 N–H and O–H groups in total. The Morgan fingerprint density at radius 2 is 1.66 bits per heavy atom. The average molecular weight is 555 g/mol. The summed E-state index contributed by atoms with van der Waals surface area (Å²) in [6, 6.07) is 21.6. The van der Waals surface area contributed by atoms with Crippen LogP contribution in [0.5, 0.6) is 5.75 Å². The first-order valence-electron chi connectivity index (χ1n) is 11.3. The number of ether oxygens (including phenoxy) is 1. The van der Waals surface area contributed by atoms with Crippen LogP contribution >= 0.6 is 28.1 Å². The predicted molar refractivity (Wildman–Crippen MR) is 148 cm³/mol. The maximum atomic E-state index is 12.9. The first-order chi connectivity index (χ1) is 16.8. The molecule has 0 saturated carbocycles. The lowest BCUT2D eigenvalue weighted by atomic mass is 10.1. The van der Waals surface area contributed by atoms with E-state index < -0.39 is 0 Å². The largest absolute Gasteiger partial charge is 0.492 e. The van der Waals surface area contributed by atoms with Gasteiger partial charge in [-0.05, 0) is 95.6 Å². The van der Waals surface area contributed by atoms with Crippen molar-refractivity contribution in [3.63, 3.8) is 0 Å². The minimum Gasteiger partial charge on any atom is -0.492 e. The van der Waals surface area contributed by atoms with Crippen molar-refractivity contribution in [1.29, 1.82) is 0 Å². The SMILES string of the molecule is CCN(C(=O)c1ccc(NC(=S)NC(=O)c2ccc(OCC(C)C)c(Br)c2)cc1)c1ccccc1. The van der Waals surface area contributed by atoms with Gasteiger partial charge in [-0.25, -0.2) is 0 Å². The average Bonchev–Trinajstić information content (AvgIpc) is 2.84. The van der Waals surface area contributed by atoms with E-state index in [2.05, 4.69) is 40.4 Å². The number of thiocarbonyl (C=S) groups is 1. The third kappa shape index (κ3) is 7.37. The lowest BCUT2D eigenvalue weighted by molar-refractivity contribution is 0.0973. The van der Waals surface area contributed by atoms with Crippen LogP contribution in [0.1, 0.15) is 41.5 Å². The Bertz CT molecular complexity index is 1180. The number of nitrogens with zero attached hydrogens (tertiary/aromatic N) is 1. The fraction of sp³-hybridized carbons (Fsp3) is 0.222. The van der Waals surface area contributed by atoms with Gasteiger partial charge in [0.05, 0.1) is 11.1 Å². The van der Waals surface area contributed by atoms with Crippen LogP contribution in [0, 0.1) is 5.92 Å². The Balaban J connectivity index is 1.59. The van der Waals surface area contributed by atoms with Crippen molar-refractivity contribution in [3.05, 3.63) is 88.4 Å². The predicted octanol–water partition coefficient (Wildman–Crippen LogP) is 6.28. The molecule has 0 saturated heterocycles. The summed E-state index contributed by atoms with van der Waals surface area (Å²) in [6.45, 7) is 7.22. The lowest BCUT2D eigenvalue weighted by Gasteiger charge is -2.21. The minimum atomic E-state index is -0.341. The fourth-order valence-corrected chi connectivity index (χ4v) is 3.96. The summed E-state index contributed by atoms with van der Waals surface area (Å²) in [7, 11) is 0. The Kier molecular flexibility index (Phi) is 9.39. The smallest absolute Gasteiger partial charge is 0.258 e. The molecule has 3 aromatic carbocycles. The molecule has 0 bridgehead atoms. The standard InChI is InChI=1S/C27H28BrN3O3S/c1-4-31(22-8-6-5-7-9-22)26(33)19-10-13-21(14-11-19)29-27(35)30-25(32)20-12-15-24(23(28)16-20)34-17-18(2)3/h5-16,18H,4,17H2,1-3H3,(H2,29,30,32,35). The van der Waals surface area contributed by atoms with Crippen molar-refractivity contribution < 1.29 is 14.3 Å². The quantitative estimate of drug-likeness (QED) is 0.321. The van der Waals surface area contributed by atoms with Crippen molar-refractivity contribution in [2.75, 3.05) is 23.4 Å². The molecular weight excluding hydrogens is 526 g/mol. The van der Waals surface area contributed by atoms with Crippen molar-refractivity contribution >= 4 is 56.4 Å². The molecule has 6 nitrogen and oxygen atoms in total. The van der Waals surface area contributed by atoms with E-state index in [0.29, 0.717) is 46.1 Å². The first-order valence-corrected chi connectivity index (χ1v) is 12.5. The van der Waals surface area contributed by atoms with E-state index in [4.69, 9.17) is 17.0 Å². The number of rotatable bonds is 8. The van der Waals surface area contributed by atoms with Gasteiger partial charge in [-0.1, -0.05) is 32.0 Å². The molecule has 0 aliphatic heterocycles. The molecule has 2 amide bonds. The van der Waals surface area contributed by atoms with Crippen molar-refractivity contribution in [2.24, 2.45) is 5.92 Å². The van der Waals surface area contributed by atoms with Crippen LogP contribution in [0.25, 0.3) is 0 Å². The second-order valence-corrected chi connectivity index (χ2v) is 9.48. The molecule has 0 atom stereocenters. The highest BCUT2D eigenvalue weighted by atomic mass is 79.9. The third-order valence-corrected chi connectivity index (χ3v) is 5.84. The van der Waals surface area contributed by atoms with Gasteiger partial charge < -0.3 is 15.0 Å². The number of benzene rings is 3. The number of amides is 2. The second kappa shape index (κ2) is 12.5. The molecule has 0 spiro atoms. The van der Waals surface area contributed by atoms with Crippen LogP contribution in [0.15, 0.2) is 77.3 Å². The molecule has 3 aromatic rings. The molecule has 0 aliphatic rings.